The largest absolute Gasteiger partial charge is 0.451 e. The molecule has 0 radical (unpaired) electrons. The molecule has 9 heteroatoms. The van der Waals surface area contributed by atoms with Crippen molar-refractivity contribution >= 4 is 52.1 Å². The van der Waals surface area contributed by atoms with E-state index in [4.69, 9.17) is 28.2 Å². The Morgan fingerprint density at radius 1 is 1.03 bits per heavy atom. The maximum Gasteiger partial charge on any atom is 0.293 e. The third-order valence-electron chi connectivity index (χ3n) is 5.59. The van der Waals surface area contributed by atoms with Crippen LogP contribution in [-0.2, 0) is 4.79 Å². The van der Waals surface area contributed by atoms with E-state index in [1.54, 1.807) is 24.3 Å². The number of carbonyl (C=O) groups is 2. The fourth-order valence-corrected chi connectivity index (χ4v) is 4.24. The SMILES string of the molecule is CCC(=O)N1CCN(c2ccccc2NC(=S)NC(=O)c2ccc(-c3cccc(Cl)c3)o2)CC1. The van der Waals surface area contributed by atoms with Crippen LogP contribution in [-0.4, -0.2) is 48.0 Å². The van der Waals surface area contributed by atoms with Crippen molar-refractivity contribution < 1.29 is 14.0 Å². The Balaban J connectivity index is 1.38. The van der Waals surface area contributed by atoms with Crippen LogP contribution in [0.15, 0.2) is 65.1 Å². The van der Waals surface area contributed by atoms with Gasteiger partial charge in [0.25, 0.3) is 5.91 Å². The van der Waals surface area contributed by atoms with Gasteiger partial charge in [-0.1, -0.05) is 42.8 Å². The van der Waals surface area contributed by atoms with Crippen LogP contribution in [0.25, 0.3) is 11.3 Å². The van der Waals surface area contributed by atoms with Crippen molar-refractivity contribution in [2.75, 3.05) is 36.4 Å². The summed E-state index contributed by atoms with van der Waals surface area (Å²) in [7, 11) is 0. The van der Waals surface area contributed by atoms with Gasteiger partial charge in [-0.05, 0) is 48.6 Å². The molecule has 1 aliphatic rings. The van der Waals surface area contributed by atoms with Crippen molar-refractivity contribution in [2.45, 2.75) is 13.3 Å². The molecule has 0 atom stereocenters. The molecule has 2 heterocycles. The van der Waals surface area contributed by atoms with Crippen molar-refractivity contribution in [3.05, 3.63) is 71.4 Å². The Labute approximate surface area is 208 Å². The van der Waals surface area contributed by atoms with Gasteiger partial charge in [-0.3, -0.25) is 14.9 Å². The minimum Gasteiger partial charge on any atom is -0.451 e. The van der Waals surface area contributed by atoms with Gasteiger partial charge in [-0.2, -0.15) is 0 Å². The number of nitrogens with one attached hydrogen (secondary N) is 2. The number of amides is 2. The summed E-state index contributed by atoms with van der Waals surface area (Å²) in [5.74, 6) is 0.406. The van der Waals surface area contributed by atoms with E-state index in [2.05, 4.69) is 15.5 Å². The molecule has 7 nitrogen and oxygen atoms in total. The van der Waals surface area contributed by atoms with Crippen molar-refractivity contribution in [1.82, 2.24) is 10.2 Å². The Hall–Kier alpha value is -3.36. The summed E-state index contributed by atoms with van der Waals surface area (Å²) < 4.78 is 5.70. The third-order valence-corrected chi connectivity index (χ3v) is 6.03. The summed E-state index contributed by atoms with van der Waals surface area (Å²) in [5.41, 5.74) is 2.52. The molecule has 2 amide bonds. The van der Waals surface area contributed by atoms with Crippen LogP contribution in [0.4, 0.5) is 11.4 Å². The van der Waals surface area contributed by atoms with Gasteiger partial charge in [0.2, 0.25) is 5.91 Å². The molecule has 3 aromatic rings. The van der Waals surface area contributed by atoms with Gasteiger partial charge in [-0.15, -0.1) is 0 Å². The highest BCUT2D eigenvalue weighted by molar-refractivity contribution is 7.80. The molecule has 34 heavy (non-hydrogen) atoms. The van der Waals surface area contributed by atoms with E-state index in [-0.39, 0.29) is 16.8 Å². The second kappa shape index (κ2) is 10.7. The number of para-hydroxylation sites is 2. The predicted molar refractivity (Wildman–Crippen MR) is 138 cm³/mol. The summed E-state index contributed by atoms with van der Waals surface area (Å²) in [6.07, 6.45) is 0.516. The van der Waals surface area contributed by atoms with E-state index in [0.717, 1.165) is 30.0 Å². The van der Waals surface area contributed by atoms with Gasteiger partial charge >= 0.3 is 0 Å². The van der Waals surface area contributed by atoms with Gasteiger partial charge in [0.15, 0.2) is 10.9 Å². The summed E-state index contributed by atoms with van der Waals surface area (Å²) in [5, 5.41) is 6.54. The minimum atomic E-state index is -0.449. The molecule has 0 unspecified atom stereocenters. The van der Waals surface area contributed by atoms with Crippen molar-refractivity contribution in [1.29, 1.82) is 0 Å². The normalized spacial score (nSPS) is 13.5. The highest BCUT2D eigenvalue weighted by Gasteiger charge is 2.22. The molecule has 1 aliphatic heterocycles. The fourth-order valence-electron chi connectivity index (χ4n) is 3.85. The number of hydrogen-bond donors (Lipinski definition) is 2. The van der Waals surface area contributed by atoms with Gasteiger partial charge in [-0.25, -0.2) is 0 Å². The van der Waals surface area contributed by atoms with Gasteiger partial charge in [0.1, 0.15) is 5.76 Å². The van der Waals surface area contributed by atoms with Crippen LogP contribution in [0, 0.1) is 0 Å². The third kappa shape index (κ3) is 5.58. The molecule has 1 saturated heterocycles. The summed E-state index contributed by atoms with van der Waals surface area (Å²) in [6.45, 7) is 4.68. The Bertz CT molecular complexity index is 1200. The minimum absolute atomic E-state index is 0.143. The first-order chi connectivity index (χ1) is 16.4. The van der Waals surface area contributed by atoms with Gasteiger partial charge in [0, 0.05) is 43.2 Å². The Morgan fingerprint density at radius 2 is 1.79 bits per heavy atom. The first kappa shape index (κ1) is 23.8. The number of rotatable bonds is 5. The van der Waals surface area contributed by atoms with Crippen LogP contribution in [0.5, 0.6) is 0 Å². The number of hydrogen-bond acceptors (Lipinski definition) is 5. The highest BCUT2D eigenvalue weighted by Crippen LogP contribution is 2.27. The number of anilines is 2. The molecular formula is C25H25ClN4O3S. The zero-order chi connectivity index (χ0) is 24.1. The standard InChI is InChI=1S/C25H25ClN4O3S/c1-2-23(31)30-14-12-29(13-15-30)20-9-4-3-8-19(20)27-25(34)28-24(32)22-11-10-21(33-22)17-6-5-7-18(26)16-17/h3-11,16H,2,12-15H2,1H3,(H2,27,28,32,34). The molecular weight excluding hydrogens is 472 g/mol. The molecule has 0 aliphatic carbocycles. The van der Waals surface area contributed by atoms with E-state index in [1.807, 2.05) is 48.2 Å². The molecule has 176 valence electrons. The zero-order valence-corrected chi connectivity index (χ0v) is 20.3. The lowest BCUT2D eigenvalue weighted by atomic mass is 10.2. The van der Waals surface area contributed by atoms with Crippen molar-refractivity contribution in [3.63, 3.8) is 0 Å². The van der Waals surface area contributed by atoms with Crippen molar-refractivity contribution in [3.8, 4) is 11.3 Å². The lowest BCUT2D eigenvalue weighted by Gasteiger charge is -2.37. The Morgan fingerprint density at radius 3 is 2.53 bits per heavy atom. The van der Waals surface area contributed by atoms with Crippen LogP contribution in [0.3, 0.4) is 0 Å². The first-order valence-corrected chi connectivity index (χ1v) is 11.8. The van der Waals surface area contributed by atoms with E-state index in [1.165, 1.54) is 0 Å². The average Bonchev–Trinajstić information content (AvgIpc) is 3.35. The van der Waals surface area contributed by atoms with Crippen LogP contribution >= 0.6 is 23.8 Å². The summed E-state index contributed by atoms with van der Waals surface area (Å²) in [4.78, 5) is 28.7. The topological polar surface area (TPSA) is 77.8 Å². The fraction of sp³-hybridized carbons (Fsp3) is 0.240. The van der Waals surface area contributed by atoms with E-state index in [9.17, 15) is 9.59 Å². The first-order valence-electron chi connectivity index (χ1n) is 11.0. The molecule has 1 aromatic heterocycles. The molecule has 0 spiro atoms. The molecule has 2 N–H and O–H groups in total. The summed E-state index contributed by atoms with van der Waals surface area (Å²) in [6, 6.07) is 18.3. The lowest BCUT2D eigenvalue weighted by molar-refractivity contribution is -0.131. The van der Waals surface area contributed by atoms with E-state index < -0.39 is 5.91 Å². The number of halogens is 1. The van der Waals surface area contributed by atoms with Crippen LogP contribution in [0.1, 0.15) is 23.9 Å². The Kier molecular flexibility index (Phi) is 7.49. The number of benzene rings is 2. The zero-order valence-electron chi connectivity index (χ0n) is 18.7. The number of carbonyl (C=O) groups excluding carboxylic acids is 2. The van der Waals surface area contributed by atoms with Crippen LogP contribution in [0.2, 0.25) is 5.02 Å². The van der Waals surface area contributed by atoms with E-state index >= 15 is 0 Å². The monoisotopic (exact) mass is 496 g/mol. The molecule has 4 rings (SSSR count). The second-order valence-corrected chi connectivity index (χ2v) is 8.67. The average molecular weight is 497 g/mol. The number of thiocarbonyl (C=S) groups is 1. The quantitative estimate of drug-likeness (QED) is 0.495. The highest BCUT2D eigenvalue weighted by atomic mass is 35.5. The molecule has 0 bridgehead atoms. The number of nitrogens with zero attached hydrogens (tertiary/aromatic N) is 2. The molecule has 1 fully saturated rings. The van der Waals surface area contributed by atoms with Crippen LogP contribution < -0.4 is 15.5 Å². The number of furan rings is 1. The maximum absolute atomic E-state index is 12.7. The molecule has 2 aromatic carbocycles. The predicted octanol–water partition coefficient (Wildman–Crippen LogP) is 4.79. The number of piperazine rings is 1. The van der Waals surface area contributed by atoms with E-state index in [0.29, 0.717) is 30.3 Å². The second-order valence-electron chi connectivity index (χ2n) is 7.82. The summed E-state index contributed by atoms with van der Waals surface area (Å²) >= 11 is 11.4. The van der Waals surface area contributed by atoms with Gasteiger partial charge < -0.3 is 19.5 Å². The maximum atomic E-state index is 12.7. The molecule has 0 saturated carbocycles. The lowest BCUT2D eigenvalue weighted by Crippen LogP contribution is -2.48. The smallest absolute Gasteiger partial charge is 0.293 e. The van der Waals surface area contributed by atoms with Crippen molar-refractivity contribution in [2.24, 2.45) is 0 Å². The van der Waals surface area contributed by atoms with Gasteiger partial charge in [0.05, 0.1) is 11.4 Å².